The van der Waals surface area contributed by atoms with Crippen molar-refractivity contribution in [2.75, 3.05) is 24.2 Å². The van der Waals surface area contributed by atoms with Crippen molar-refractivity contribution in [2.45, 2.75) is 37.8 Å². The fourth-order valence-corrected chi connectivity index (χ4v) is 3.28. The number of anilines is 1. The third-order valence-electron chi connectivity index (χ3n) is 3.16. The van der Waals surface area contributed by atoms with Gasteiger partial charge in [-0.05, 0) is 20.8 Å². The van der Waals surface area contributed by atoms with Gasteiger partial charge in [-0.1, -0.05) is 0 Å². The molecule has 0 aliphatic carbocycles. The monoisotopic (exact) mass is 284 g/mol. The maximum absolute atomic E-state index is 11.5. The van der Waals surface area contributed by atoms with Crippen molar-refractivity contribution in [1.29, 1.82) is 0 Å². The molecule has 7 heteroatoms. The van der Waals surface area contributed by atoms with E-state index in [-0.39, 0.29) is 4.90 Å². The quantitative estimate of drug-likeness (QED) is 0.846. The summed E-state index contributed by atoms with van der Waals surface area (Å²) in [4.78, 5) is 10.8. The fourth-order valence-electron chi connectivity index (χ4n) is 2.45. The lowest BCUT2D eigenvalue weighted by Gasteiger charge is -2.36. The van der Waals surface area contributed by atoms with Crippen LogP contribution in [-0.2, 0) is 9.84 Å². The number of aromatic nitrogens is 2. The van der Waals surface area contributed by atoms with E-state index < -0.39 is 9.84 Å². The molecule has 1 aliphatic rings. The predicted molar refractivity (Wildman–Crippen MR) is 74.2 cm³/mol. The summed E-state index contributed by atoms with van der Waals surface area (Å²) in [5, 5.41) is 3.44. The third-order valence-corrected chi connectivity index (χ3v) is 4.36. The number of hydrogen-bond donors (Lipinski definition) is 1. The average molecular weight is 284 g/mol. The molecule has 0 radical (unpaired) electrons. The molecule has 1 saturated heterocycles. The Morgan fingerprint density at radius 2 is 1.89 bits per heavy atom. The number of nitrogens with zero attached hydrogens (tertiary/aromatic N) is 3. The number of nitrogens with one attached hydrogen (secondary N) is 1. The minimum Gasteiger partial charge on any atom is -0.338 e. The van der Waals surface area contributed by atoms with Crippen LogP contribution in [-0.4, -0.2) is 49.8 Å². The maximum atomic E-state index is 11.5. The van der Waals surface area contributed by atoms with E-state index in [1.165, 1.54) is 12.5 Å². The number of hydrogen-bond acceptors (Lipinski definition) is 6. The Morgan fingerprint density at radius 1 is 1.32 bits per heavy atom. The summed E-state index contributed by atoms with van der Waals surface area (Å²) in [5.74, 6) is 0.602. The Labute approximate surface area is 114 Å². The van der Waals surface area contributed by atoms with Crippen molar-refractivity contribution in [3.8, 4) is 0 Å². The van der Waals surface area contributed by atoms with Gasteiger partial charge in [-0.3, -0.25) is 0 Å². The highest BCUT2D eigenvalue weighted by Crippen LogP contribution is 2.17. The van der Waals surface area contributed by atoms with Gasteiger partial charge < -0.3 is 10.2 Å². The molecular formula is C12H20N4O2S. The normalized spacial score (nSPS) is 24.5. The van der Waals surface area contributed by atoms with Crippen molar-refractivity contribution in [2.24, 2.45) is 0 Å². The molecule has 1 N–H and O–H groups in total. The molecule has 1 fully saturated rings. The van der Waals surface area contributed by atoms with Gasteiger partial charge in [-0.15, -0.1) is 0 Å². The van der Waals surface area contributed by atoms with Crippen LogP contribution in [0, 0.1) is 6.92 Å². The molecular weight excluding hydrogens is 264 g/mol. The van der Waals surface area contributed by atoms with E-state index in [4.69, 9.17) is 0 Å². The van der Waals surface area contributed by atoms with E-state index >= 15 is 0 Å². The molecule has 106 valence electrons. The van der Waals surface area contributed by atoms with Crippen molar-refractivity contribution < 1.29 is 8.42 Å². The minimum absolute atomic E-state index is 0.201. The van der Waals surface area contributed by atoms with Crippen LogP contribution in [0.15, 0.2) is 11.1 Å². The maximum Gasteiger partial charge on any atom is 0.225 e. The summed E-state index contributed by atoms with van der Waals surface area (Å²) >= 11 is 0. The molecule has 0 spiro atoms. The average Bonchev–Trinajstić information content (AvgIpc) is 2.25. The molecule has 6 nitrogen and oxygen atoms in total. The van der Waals surface area contributed by atoms with Gasteiger partial charge in [0, 0.05) is 31.4 Å². The van der Waals surface area contributed by atoms with E-state index in [0.29, 0.717) is 23.7 Å². The van der Waals surface area contributed by atoms with Crippen LogP contribution >= 0.6 is 0 Å². The van der Waals surface area contributed by atoms with Crippen molar-refractivity contribution in [1.82, 2.24) is 15.3 Å². The Kier molecular flexibility index (Phi) is 3.78. The van der Waals surface area contributed by atoms with Gasteiger partial charge in [0.15, 0.2) is 9.84 Å². The third kappa shape index (κ3) is 3.22. The van der Waals surface area contributed by atoms with Gasteiger partial charge in [0.2, 0.25) is 5.95 Å². The van der Waals surface area contributed by atoms with Crippen LogP contribution in [0.3, 0.4) is 0 Å². The predicted octanol–water partition coefficient (Wildman–Crippen LogP) is 0.375. The molecule has 2 rings (SSSR count). The van der Waals surface area contributed by atoms with Gasteiger partial charge in [-0.25, -0.2) is 18.4 Å². The molecule has 0 aromatic carbocycles. The molecule has 2 heterocycles. The first-order chi connectivity index (χ1) is 8.77. The lowest BCUT2D eigenvalue weighted by molar-refractivity contribution is 0.403. The van der Waals surface area contributed by atoms with E-state index in [2.05, 4.69) is 34.0 Å². The summed E-state index contributed by atoms with van der Waals surface area (Å²) in [7, 11) is -3.26. The molecule has 0 bridgehead atoms. The molecule has 1 aromatic rings. The Bertz CT molecular complexity index is 563. The first kappa shape index (κ1) is 14.2. The van der Waals surface area contributed by atoms with Gasteiger partial charge in [0.1, 0.15) is 4.90 Å². The number of rotatable bonds is 2. The fraction of sp³-hybridized carbons (Fsp3) is 0.667. The Balaban J connectivity index is 2.30. The van der Waals surface area contributed by atoms with Gasteiger partial charge in [0.25, 0.3) is 0 Å². The summed E-state index contributed by atoms with van der Waals surface area (Å²) < 4.78 is 23.1. The van der Waals surface area contributed by atoms with Crippen molar-refractivity contribution in [3.63, 3.8) is 0 Å². The second kappa shape index (κ2) is 5.05. The van der Waals surface area contributed by atoms with Crippen LogP contribution in [0.4, 0.5) is 5.95 Å². The topological polar surface area (TPSA) is 75.2 Å². The SMILES string of the molecule is Cc1nc(N2C[C@@H](C)N[C@@H](C)C2)ncc1S(C)(=O)=O. The Hall–Kier alpha value is -1.21. The van der Waals surface area contributed by atoms with Crippen molar-refractivity contribution >= 4 is 15.8 Å². The number of sulfone groups is 1. The summed E-state index contributed by atoms with van der Waals surface area (Å²) in [5.41, 5.74) is 0.506. The highest BCUT2D eigenvalue weighted by Gasteiger charge is 2.24. The van der Waals surface area contributed by atoms with Crippen LogP contribution in [0.25, 0.3) is 0 Å². The lowest BCUT2D eigenvalue weighted by Crippen LogP contribution is -2.54. The number of aryl methyl sites for hydroxylation is 1. The van der Waals surface area contributed by atoms with Crippen LogP contribution in [0.5, 0.6) is 0 Å². The van der Waals surface area contributed by atoms with Crippen LogP contribution in [0.2, 0.25) is 0 Å². The largest absolute Gasteiger partial charge is 0.338 e. The number of piperazine rings is 1. The lowest BCUT2D eigenvalue weighted by atomic mass is 10.1. The summed E-state index contributed by atoms with van der Waals surface area (Å²) in [6, 6.07) is 0.726. The van der Waals surface area contributed by atoms with Gasteiger partial charge in [-0.2, -0.15) is 0 Å². The van der Waals surface area contributed by atoms with Crippen LogP contribution in [0.1, 0.15) is 19.5 Å². The van der Waals surface area contributed by atoms with Crippen LogP contribution < -0.4 is 10.2 Å². The standard InChI is InChI=1S/C12H20N4O2S/c1-8-6-16(7-9(2)14-8)12-13-5-11(10(3)15-12)19(4,17)18/h5,8-9,14H,6-7H2,1-4H3/t8-,9+. The molecule has 0 amide bonds. The summed E-state index contributed by atoms with van der Waals surface area (Å²) in [6.45, 7) is 7.57. The molecule has 0 unspecified atom stereocenters. The second-order valence-corrected chi connectivity index (χ2v) is 7.25. The van der Waals surface area contributed by atoms with E-state index in [1.54, 1.807) is 6.92 Å². The molecule has 1 aliphatic heterocycles. The zero-order valence-corrected chi connectivity index (χ0v) is 12.5. The highest BCUT2D eigenvalue weighted by atomic mass is 32.2. The zero-order chi connectivity index (χ0) is 14.2. The summed E-state index contributed by atoms with van der Waals surface area (Å²) in [6.07, 6.45) is 2.58. The van der Waals surface area contributed by atoms with Crippen molar-refractivity contribution in [3.05, 3.63) is 11.9 Å². The first-order valence-corrected chi connectivity index (χ1v) is 8.21. The molecule has 2 atom stereocenters. The zero-order valence-electron chi connectivity index (χ0n) is 11.7. The molecule has 0 saturated carbocycles. The van der Waals surface area contributed by atoms with E-state index in [0.717, 1.165) is 13.1 Å². The first-order valence-electron chi connectivity index (χ1n) is 6.32. The Morgan fingerprint density at radius 3 is 2.37 bits per heavy atom. The van der Waals surface area contributed by atoms with E-state index in [1.807, 2.05) is 0 Å². The molecule has 1 aromatic heterocycles. The highest BCUT2D eigenvalue weighted by molar-refractivity contribution is 7.90. The second-order valence-electron chi connectivity index (χ2n) is 5.27. The smallest absolute Gasteiger partial charge is 0.225 e. The van der Waals surface area contributed by atoms with E-state index in [9.17, 15) is 8.42 Å². The van der Waals surface area contributed by atoms with Gasteiger partial charge >= 0.3 is 0 Å². The molecule has 19 heavy (non-hydrogen) atoms. The van der Waals surface area contributed by atoms with Gasteiger partial charge in [0.05, 0.1) is 11.9 Å². The minimum atomic E-state index is -3.26.